The normalized spacial score (nSPS) is 13.5. The lowest BCUT2D eigenvalue weighted by Gasteiger charge is -2.32. The highest BCUT2D eigenvalue weighted by Crippen LogP contribution is 2.35. The van der Waals surface area contributed by atoms with Crippen LogP contribution in [0.25, 0.3) is 0 Å². The molecular formula is C15H15N3O2. The molecule has 0 saturated heterocycles. The quantitative estimate of drug-likeness (QED) is 0.730. The van der Waals surface area contributed by atoms with Gasteiger partial charge < -0.3 is 21.1 Å². The number of hydrogen-bond acceptors (Lipinski definition) is 4. The van der Waals surface area contributed by atoms with E-state index in [0.29, 0.717) is 5.69 Å². The summed E-state index contributed by atoms with van der Waals surface area (Å²) in [5.41, 5.74) is 9.63. The van der Waals surface area contributed by atoms with Gasteiger partial charge in [-0.15, -0.1) is 0 Å². The number of carbonyl (C=O) groups is 1. The minimum atomic E-state index is -0.921. The molecule has 2 aromatic carbocycles. The van der Waals surface area contributed by atoms with E-state index in [-0.39, 0.29) is 5.56 Å². The van der Waals surface area contributed by atoms with E-state index in [2.05, 4.69) is 10.2 Å². The number of carboxylic acids is 1. The Labute approximate surface area is 116 Å². The van der Waals surface area contributed by atoms with Crippen LogP contribution in [0.3, 0.4) is 0 Å². The number of aromatic carboxylic acids is 1. The summed E-state index contributed by atoms with van der Waals surface area (Å²) < 4.78 is 0. The van der Waals surface area contributed by atoms with E-state index < -0.39 is 5.97 Å². The monoisotopic (exact) mass is 269 g/mol. The van der Waals surface area contributed by atoms with E-state index in [1.54, 1.807) is 12.1 Å². The highest BCUT2D eigenvalue weighted by molar-refractivity contribution is 5.92. The largest absolute Gasteiger partial charge is 0.478 e. The number of nitrogen functional groups attached to an aromatic ring is 1. The fourth-order valence-electron chi connectivity index (χ4n) is 2.43. The summed E-state index contributed by atoms with van der Waals surface area (Å²) in [6.45, 7) is 1.56. The molecule has 0 radical (unpaired) electrons. The average molecular weight is 269 g/mol. The van der Waals surface area contributed by atoms with Crippen LogP contribution in [-0.2, 0) is 0 Å². The first-order valence-corrected chi connectivity index (χ1v) is 6.39. The van der Waals surface area contributed by atoms with Gasteiger partial charge in [-0.3, -0.25) is 0 Å². The molecule has 4 N–H and O–H groups in total. The third kappa shape index (κ3) is 2.14. The van der Waals surface area contributed by atoms with Crippen molar-refractivity contribution in [1.29, 1.82) is 0 Å². The number of anilines is 4. The van der Waals surface area contributed by atoms with Crippen LogP contribution >= 0.6 is 0 Å². The van der Waals surface area contributed by atoms with Gasteiger partial charge in [0.15, 0.2) is 0 Å². The van der Waals surface area contributed by atoms with Crippen molar-refractivity contribution in [3.05, 3.63) is 48.0 Å². The van der Waals surface area contributed by atoms with Crippen molar-refractivity contribution in [3.8, 4) is 0 Å². The van der Waals surface area contributed by atoms with Gasteiger partial charge in [0, 0.05) is 24.5 Å². The SMILES string of the molecule is Nc1cccc(N2CCNc3cc(C(=O)O)ccc32)c1. The van der Waals surface area contributed by atoms with Crippen LogP contribution in [0.15, 0.2) is 42.5 Å². The molecule has 0 aliphatic carbocycles. The minimum absolute atomic E-state index is 0.283. The Balaban J connectivity index is 2.04. The lowest BCUT2D eigenvalue weighted by molar-refractivity contribution is 0.0697. The maximum absolute atomic E-state index is 11.0. The van der Waals surface area contributed by atoms with Crippen LogP contribution in [0.5, 0.6) is 0 Å². The first kappa shape index (κ1) is 12.3. The highest BCUT2D eigenvalue weighted by Gasteiger charge is 2.19. The Bertz CT molecular complexity index is 670. The Hall–Kier alpha value is -2.69. The van der Waals surface area contributed by atoms with E-state index >= 15 is 0 Å². The fraction of sp³-hybridized carbons (Fsp3) is 0.133. The predicted octanol–water partition coefficient (Wildman–Crippen LogP) is 2.53. The molecule has 2 aromatic rings. The van der Waals surface area contributed by atoms with Crippen LogP contribution in [0.1, 0.15) is 10.4 Å². The van der Waals surface area contributed by atoms with E-state index in [4.69, 9.17) is 10.8 Å². The van der Waals surface area contributed by atoms with E-state index in [9.17, 15) is 4.79 Å². The number of hydrogen-bond donors (Lipinski definition) is 3. The predicted molar refractivity (Wildman–Crippen MR) is 79.8 cm³/mol. The molecule has 0 bridgehead atoms. The molecule has 1 heterocycles. The summed E-state index contributed by atoms with van der Waals surface area (Å²) in [7, 11) is 0. The summed E-state index contributed by atoms with van der Waals surface area (Å²) in [4.78, 5) is 13.2. The van der Waals surface area contributed by atoms with Crippen molar-refractivity contribution in [1.82, 2.24) is 0 Å². The first-order valence-electron chi connectivity index (χ1n) is 6.39. The van der Waals surface area contributed by atoms with Gasteiger partial charge in [0.2, 0.25) is 0 Å². The summed E-state index contributed by atoms with van der Waals surface area (Å²) in [5.74, 6) is -0.921. The van der Waals surface area contributed by atoms with Crippen LogP contribution in [-0.4, -0.2) is 24.2 Å². The van der Waals surface area contributed by atoms with Gasteiger partial charge in [-0.2, -0.15) is 0 Å². The number of nitrogens with zero attached hydrogens (tertiary/aromatic N) is 1. The molecule has 5 nitrogen and oxygen atoms in total. The first-order chi connectivity index (χ1) is 9.65. The number of nitrogens with one attached hydrogen (secondary N) is 1. The number of benzene rings is 2. The van der Waals surface area contributed by atoms with Gasteiger partial charge in [-0.05, 0) is 36.4 Å². The molecule has 0 spiro atoms. The molecule has 20 heavy (non-hydrogen) atoms. The lowest BCUT2D eigenvalue weighted by Crippen LogP contribution is -2.30. The molecule has 0 saturated carbocycles. The summed E-state index contributed by atoms with van der Waals surface area (Å²) in [5, 5.41) is 12.3. The Morgan fingerprint density at radius 3 is 2.85 bits per heavy atom. The van der Waals surface area contributed by atoms with Crippen molar-refractivity contribution in [2.75, 3.05) is 29.0 Å². The fourth-order valence-corrected chi connectivity index (χ4v) is 2.43. The van der Waals surface area contributed by atoms with Gasteiger partial charge in [-0.25, -0.2) is 4.79 Å². The second-order valence-corrected chi connectivity index (χ2v) is 4.71. The number of rotatable bonds is 2. The Morgan fingerprint density at radius 1 is 1.25 bits per heavy atom. The van der Waals surface area contributed by atoms with Crippen molar-refractivity contribution in [2.24, 2.45) is 0 Å². The maximum atomic E-state index is 11.0. The van der Waals surface area contributed by atoms with Gasteiger partial charge in [-0.1, -0.05) is 6.07 Å². The smallest absolute Gasteiger partial charge is 0.335 e. The van der Waals surface area contributed by atoms with E-state index in [0.717, 1.165) is 30.2 Å². The van der Waals surface area contributed by atoms with E-state index in [1.165, 1.54) is 0 Å². The number of nitrogens with two attached hydrogens (primary N) is 1. The summed E-state index contributed by atoms with van der Waals surface area (Å²) in [6, 6.07) is 12.8. The average Bonchev–Trinajstić information content (AvgIpc) is 2.46. The van der Waals surface area contributed by atoms with Gasteiger partial charge >= 0.3 is 5.97 Å². The van der Waals surface area contributed by atoms with E-state index in [1.807, 2.05) is 30.3 Å². The lowest BCUT2D eigenvalue weighted by atomic mass is 10.1. The Morgan fingerprint density at radius 2 is 2.10 bits per heavy atom. The van der Waals surface area contributed by atoms with Gasteiger partial charge in [0.05, 0.1) is 16.9 Å². The zero-order chi connectivity index (χ0) is 14.1. The summed E-state index contributed by atoms with van der Waals surface area (Å²) >= 11 is 0. The van der Waals surface area contributed by atoms with Crippen LogP contribution in [0.4, 0.5) is 22.7 Å². The molecule has 0 atom stereocenters. The molecule has 1 aliphatic rings. The molecule has 0 amide bonds. The molecule has 0 unspecified atom stereocenters. The maximum Gasteiger partial charge on any atom is 0.335 e. The third-order valence-corrected chi connectivity index (χ3v) is 3.37. The zero-order valence-corrected chi connectivity index (χ0v) is 10.8. The number of fused-ring (bicyclic) bond motifs is 1. The minimum Gasteiger partial charge on any atom is -0.478 e. The highest BCUT2D eigenvalue weighted by atomic mass is 16.4. The van der Waals surface area contributed by atoms with Crippen molar-refractivity contribution < 1.29 is 9.90 Å². The topological polar surface area (TPSA) is 78.6 Å². The summed E-state index contributed by atoms with van der Waals surface area (Å²) in [6.07, 6.45) is 0. The van der Waals surface area contributed by atoms with Crippen molar-refractivity contribution >= 4 is 28.7 Å². The van der Waals surface area contributed by atoms with Gasteiger partial charge in [0.1, 0.15) is 0 Å². The van der Waals surface area contributed by atoms with Crippen molar-refractivity contribution in [2.45, 2.75) is 0 Å². The molecule has 5 heteroatoms. The van der Waals surface area contributed by atoms with Gasteiger partial charge in [0.25, 0.3) is 0 Å². The molecule has 3 rings (SSSR count). The second-order valence-electron chi connectivity index (χ2n) is 4.71. The molecule has 102 valence electrons. The molecule has 0 fully saturated rings. The zero-order valence-electron chi connectivity index (χ0n) is 10.8. The molecular weight excluding hydrogens is 254 g/mol. The Kier molecular flexibility index (Phi) is 2.95. The van der Waals surface area contributed by atoms with Crippen molar-refractivity contribution in [3.63, 3.8) is 0 Å². The van der Waals surface area contributed by atoms with Crippen LogP contribution < -0.4 is 16.0 Å². The molecule has 1 aliphatic heterocycles. The standard InChI is InChI=1S/C15H15N3O2/c16-11-2-1-3-12(9-11)18-7-6-17-13-8-10(15(19)20)4-5-14(13)18/h1-5,8-9,17H,6-7,16H2,(H,19,20). The molecule has 0 aromatic heterocycles. The second kappa shape index (κ2) is 4.77. The number of carboxylic acid groups (broad SMARTS) is 1. The van der Waals surface area contributed by atoms with Crippen LogP contribution in [0, 0.1) is 0 Å². The van der Waals surface area contributed by atoms with Crippen LogP contribution in [0.2, 0.25) is 0 Å². The third-order valence-electron chi connectivity index (χ3n) is 3.37.